The van der Waals surface area contributed by atoms with E-state index in [4.69, 9.17) is 4.74 Å². The molecule has 1 aromatic rings. The highest BCUT2D eigenvalue weighted by Gasteiger charge is 2.35. The van der Waals surface area contributed by atoms with Gasteiger partial charge in [-0.05, 0) is 43.9 Å². The first kappa shape index (κ1) is 20.0. The Labute approximate surface area is 159 Å². The minimum atomic E-state index is -0.181. The van der Waals surface area contributed by atoms with Crippen LogP contribution >= 0.6 is 15.9 Å². The van der Waals surface area contributed by atoms with Crippen LogP contribution in [-0.2, 0) is 16.0 Å². The van der Waals surface area contributed by atoms with E-state index in [1.165, 1.54) is 5.56 Å². The van der Waals surface area contributed by atoms with E-state index < -0.39 is 0 Å². The predicted octanol–water partition coefficient (Wildman–Crippen LogP) is 4.60. The van der Waals surface area contributed by atoms with Crippen LogP contribution in [0.25, 0.3) is 0 Å². The number of hydrazine groups is 1. The number of hydrogen-bond acceptors (Lipinski definition) is 4. The van der Waals surface area contributed by atoms with Crippen LogP contribution in [0.5, 0.6) is 0 Å². The highest BCUT2D eigenvalue weighted by atomic mass is 79.9. The van der Waals surface area contributed by atoms with Crippen molar-refractivity contribution in [2.45, 2.75) is 58.9 Å². The highest BCUT2D eigenvalue weighted by molar-refractivity contribution is 9.10. The van der Waals surface area contributed by atoms with Gasteiger partial charge in [0.15, 0.2) is 0 Å². The molecular weight excluding hydrogens is 380 g/mol. The van der Waals surface area contributed by atoms with E-state index in [0.717, 1.165) is 54.4 Å². The summed E-state index contributed by atoms with van der Waals surface area (Å²) < 4.78 is 6.43. The average Bonchev–Trinajstić information content (AvgIpc) is 2.93. The summed E-state index contributed by atoms with van der Waals surface area (Å²) in [6, 6.07) is 8.25. The number of carbonyl (C=O) groups excluding carboxylic acids is 1. The Morgan fingerprint density at radius 3 is 2.52 bits per heavy atom. The molecule has 2 rings (SSSR count). The summed E-state index contributed by atoms with van der Waals surface area (Å²) >= 11 is 3.47. The van der Waals surface area contributed by atoms with Crippen molar-refractivity contribution >= 4 is 21.9 Å². The summed E-state index contributed by atoms with van der Waals surface area (Å²) in [5.41, 5.74) is 6.68. The summed E-state index contributed by atoms with van der Waals surface area (Å²) in [7, 11) is 0. The van der Waals surface area contributed by atoms with Gasteiger partial charge in [0, 0.05) is 16.7 Å². The first-order valence-corrected chi connectivity index (χ1v) is 10.1. The fourth-order valence-electron chi connectivity index (χ4n) is 3.17. The van der Waals surface area contributed by atoms with Crippen molar-refractivity contribution in [3.8, 4) is 0 Å². The van der Waals surface area contributed by atoms with Crippen molar-refractivity contribution in [2.24, 2.45) is 0 Å². The van der Waals surface area contributed by atoms with E-state index in [1.807, 2.05) is 19.1 Å². The second kappa shape index (κ2) is 9.97. The molecule has 25 heavy (non-hydrogen) atoms. The van der Waals surface area contributed by atoms with Crippen molar-refractivity contribution < 1.29 is 9.53 Å². The number of unbranched alkanes of at least 4 members (excludes halogenated alkanes) is 1. The predicted molar refractivity (Wildman–Crippen MR) is 105 cm³/mol. The van der Waals surface area contributed by atoms with Crippen LogP contribution in [0.15, 0.2) is 40.0 Å². The summed E-state index contributed by atoms with van der Waals surface area (Å²) in [6.45, 7) is 7.52. The molecule has 0 saturated heterocycles. The quantitative estimate of drug-likeness (QED) is 0.606. The minimum absolute atomic E-state index is 0.0290. The lowest BCUT2D eigenvalue weighted by molar-refractivity contribution is -0.138. The molecule has 0 bridgehead atoms. The number of allylic oxidation sites excluding steroid dienone is 1. The lowest BCUT2D eigenvalue weighted by Gasteiger charge is -2.23. The van der Waals surface area contributed by atoms with Crippen LogP contribution in [0.4, 0.5) is 0 Å². The number of esters is 1. The van der Waals surface area contributed by atoms with Crippen LogP contribution in [0.3, 0.4) is 0 Å². The topological polar surface area (TPSA) is 41.6 Å². The van der Waals surface area contributed by atoms with E-state index in [1.54, 1.807) is 0 Å². The third-order valence-electron chi connectivity index (χ3n) is 4.37. The van der Waals surface area contributed by atoms with Crippen LogP contribution in [0, 0.1) is 0 Å². The molecule has 1 aliphatic rings. The van der Waals surface area contributed by atoms with Crippen LogP contribution in [0.2, 0.25) is 0 Å². The zero-order chi connectivity index (χ0) is 18.2. The number of nitrogens with zero attached hydrogens (tertiary/aromatic N) is 1. The molecule has 0 amide bonds. The smallest absolute Gasteiger partial charge is 0.337 e. The van der Waals surface area contributed by atoms with Gasteiger partial charge in [0.1, 0.15) is 0 Å². The van der Waals surface area contributed by atoms with Gasteiger partial charge in [-0.1, -0.05) is 54.8 Å². The molecule has 0 fully saturated rings. The molecule has 1 unspecified atom stereocenters. The van der Waals surface area contributed by atoms with Crippen molar-refractivity contribution in [3.05, 3.63) is 45.6 Å². The van der Waals surface area contributed by atoms with Gasteiger partial charge in [-0.15, -0.1) is 0 Å². The molecule has 4 nitrogen and oxygen atoms in total. The van der Waals surface area contributed by atoms with Crippen LogP contribution in [-0.4, -0.2) is 30.2 Å². The van der Waals surface area contributed by atoms with Gasteiger partial charge in [0.2, 0.25) is 0 Å². The van der Waals surface area contributed by atoms with Gasteiger partial charge in [0.25, 0.3) is 0 Å². The van der Waals surface area contributed by atoms with E-state index in [9.17, 15) is 4.79 Å². The molecule has 138 valence electrons. The van der Waals surface area contributed by atoms with Gasteiger partial charge in [-0.25, -0.2) is 10.2 Å². The second-order valence-corrected chi connectivity index (χ2v) is 7.26. The monoisotopic (exact) mass is 408 g/mol. The molecular formula is C20H29BrN2O2. The Balaban J connectivity index is 2.28. The van der Waals surface area contributed by atoms with E-state index >= 15 is 0 Å². The third-order valence-corrected chi connectivity index (χ3v) is 4.90. The Morgan fingerprint density at radius 1 is 1.20 bits per heavy atom. The van der Waals surface area contributed by atoms with Crippen molar-refractivity contribution in [1.29, 1.82) is 0 Å². The SMILES string of the molecule is CCCCN1NC(Cc2ccc(Br)cc2)C(C(=O)OCC)=C1CCC. The lowest BCUT2D eigenvalue weighted by Crippen LogP contribution is -2.39. The Morgan fingerprint density at radius 2 is 1.92 bits per heavy atom. The lowest BCUT2D eigenvalue weighted by atomic mass is 9.98. The maximum absolute atomic E-state index is 12.7. The van der Waals surface area contributed by atoms with Crippen LogP contribution in [0.1, 0.15) is 52.0 Å². The molecule has 5 heteroatoms. The number of benzene rings is 1. The fraction of sp³-hybridized carbons (Fsp3) is 0.550. The standard InChI is InChI=1S/C20H29BrN2O2/c1-4-7-13-23-18(8-5-2)19(20(24)25-6-3)17(22-23)14-15-9-11-16(21)12-10-15/h9-12,17,22H,4-8,13-14H2,1-3H3. The number of rotatable bonds is 9. The third kappa shape index (κ3) is 5.32. The van der Waals surface area contributed by atoms with Gasteiger partial charge >= 0.3 is 5.97 Å². The molecule has 1 heterocycles. The zero-order valence-electron chi connectivity index (χ0n) is 15.5. The molecule has 1 aliphatic heterocycles. The fourth-order valence-corrected chi connectivity index (χ4v) is 3.44. The number of hydrogen-bond donors (Lipinski definition) is 1. The van der Waals surface area contributed by atoms with Gasteiger partial charge in [-0.2, -0.15) is 0 Å². The van der Waals surface area contributed by atoms with Gasteiger partial charge < -0.3 is 9.75 Å². The number of carbonyl (C=O) groups is 1. The number of ether oxygens (including phenoxy) is 1. The Kier molecular flexibility index (Phi) is 7.97. The zero-order valence-corrected chi connectivity index (χ0v) is 17.1. The van der Waals surface area contributed by atoms with Crippen molar-refractivity contribution in [3.63, 3.8) is 0 Å². The molecule has 1 N–H and O–H groups in total. The van der Waals surface area contributed by atoms with Crippen molar-refractivity contribution in [1.82, 2.24) is 10.4 Å². The van der Waals surface area contributed by atoms with Crippen LogP contribution < -0.4 is 5.43 Å². The molecule has 0 saturated carbocycles. The Hall–Kier alpha value is -1.33. The summed E-state index contributed by atoms with van der Waals surface area (Å²) in [5, 5.41) is 2.18. The summed E-state index contributed by atoms with van der Waals surface area (Å²) in [6.07, 6.45) is 4.90. The molecule has 1 aromatic carbocycles. The normalized spacial score (nSPS) is 17.3. The van der Waals surface area contributed by atoms with Gasteiger partial charge in [-0.3, -0.25) is 0 Å². The molecule has 0 radical (unpaired) electrons. The van der Waals surface area contributed by atoms with Gasteiger partial charge in [0.05, 0.1) is 18.2 Å². The summed E-state index contributed by atoms with van der Waals surface area (Å²) in [4.78, 5) is 12.7. The first-order chi connectivity index (χ1) is 12.1. The largest absolute Gasteiger partial charge is 0.463 e. The van der Waals surface area contributed by atoms with Crippen molar-refractivity contribution in [2.75, 3.05) is 13.2 Å². The van der Waals surface area contributed by atoms with E-state index in [2.05, 4.69) is 52.3 Å². The minimum Gasteiger partial charge on any atom is -0.463 e. The Bertz CT molecular complexity index is 598. The van der Waals surface area contributed by atoms with E-state index in [-0.39, 0.29) is 12.0 Å². The molecule has 0 aromatic heterocycles. The maximum atomic E-state index is 12.7. The average molecular weight is 409 g/mol. The maximum Gasteiger partial charge on any atom is 0.337 e. The second-order valence-electron chi connectivity index (χ2n) is 6.35. The number of halogens is 1. The molecule has 0 aliphatic carbocycles. The first-order valence-electron chi connectivity index (χ1n) is 9.28. The van der Waals surface area contributed by atoms with E-state index in [0.29, 0.717) is 6.61 Å². The summed E-state index contributed by atoms with van der Waals surface area (Å²) in [5.74, 6) is -0.181. The molecule has 0 spiro atoms. The number of nitrogens with one attached hydrogen (secondary N) is 1. The molecule has 1 atom stereocenters. The highest BCUT2D eigenvalue weighted by Crippen LogP contribution is 2.28.